The lowest BCUT2D eigenvalue weighted by molar-refractivity contribution is 0.557. The smallest absolute Gasteiger partial charge is 0.148 e. The molecule has 1 saturated heterocycles. The summed E-state index contributed by atoms with van der Waals surface area (Å²) in [4.78, 5) is 1.93. The Bertz CT molecular complexity index is 330. The molecular weight excluding hydrogens is 201 g/mol. The summed E-state index contributed by atoms with van der Waals surface area (Å²) < 4.78 is 21.1. The van der Waals surface area contributed by atoms with Gasteiger partial charge in [-0.2, -0.15) is 0 Å². The molecule has 1 fully saturated rings. The van der Waals surface area contributed by atoms with Crippen LogP contribution in [0.25, 0.3) is 0 Å². The van der Waals surface area contributed by atoms with Gasteiger partial charge < -0.3 is 4.90 Å². The minimum Gasteiger partial charge on any atom is -0.368 e. The Morgan fingerprint density at radius 1 is 1.36 bits per heavy atom. The number of anilines is 1. The predicted molar refractivity (Wildman–Crippen MR) is 57.5 cm³/mol. The molecule has 0 aliphatic carbocycles. The van der Waals surface area contributed by atoms with Gasteiger partial charge in [0.2, 0.25) is 0 Å². The number of para-hydroxylation sites is 1. The minimum atomic E-state index is -0.272. The number of nitrogens with zero attached hydrogens (tertiary/aromatic N) is 1. The average Bonchev–Trinajstić information content (AvgIpc) is 2.20. The van der Waals surface area contributed by atoms with E-state index < -0.39 is 0 Å². The SMILES string of the molecule is [2H]C1CCN(c2c(F)cccc2Cl)CC1. The molecule has 2 rings (SSSR count). The van der Waals surface area contributed by atoms with Crippen molar-refractivity contribution in [1.29, 1.82) is 0 Å². The van der Waals surface area contributed by atoms with E-state index in [0.717, 1.165) is 25.9 Å². The van der Waals surface area contributed by atoms with Gasteiger partial charge in [0.1, 0.15) is 5.82 Å². The third-order valence-corrected chi connectivity index (χ3v) is 2.77. The Morgan fingerprint density at radius 2 is 2.07 bits per heavy atom. The van der Waals surface area contributed by atoms with Gasteiger partial charge in [-0.1, -0.05) is 17.7 Å². The van der Waals surface area contributed by atoms with Crippen molar-refractivity contribution < 1.29 is 5.76 Å². The van der Waals surface area contributed by atoms with E-state index in [2.05, 4.69) is 0 Å². The zero-order valence-electron chi connectivity index (χ0n) is 8.84. The molecule has 1 aromatic carbocycles. The van der Waals surface area contributed by atoms with E-state index in [9.17, 15) is 4.39 Å². The zero-order chi connectivity index (χ0) is 10.8. The Morgan fingerprint density at radius 3 is 2.71 bits per heavy atom. The van der Waals surface area contributed by atoms with Crippen LogP contribution >= 0.6 is 11.6 Å². The molecule has 14 heavy (non-hydrogen) atoms. The summed E-state index contributed by atoms with van der Waals surface area (Å²) in [6.45, 7) is 1.43. The van der Waals surface area contributed by atoms with E-state index in [1.807, 2.05) is 4.90 Å². The average molecular weight is 215 g/mol. The lowest BCUT2D eigenvalue weighted by atomic mass is 10.1. The van der Waals surface area contributed by atoms with Gasteiger partial charge in [0, 0.05) is 14.5 Å². The summed E-state index contributed by atoms with van der Waals surface area (Å²) in [6.07, 6.45) is 1.56. The van der Waals surface area contributed by atoms with Crippen molar-refractivity contribution in [2.45, 2.75) is 19.2 Å². The van der Waals surface area contributed by atoms with Crippen molar-refractivity contribution >= 4 is 17.3 Å². The Balaban J connectivity index is 2.22. The van der Waals surface area contributed by atoms with Crippen LogP contribution in [-0.4, -0.2) is 13.1 Å². The second-order valence-corrected chi connectivity index (χ2v) is 3.83. The number of hydrogen-bond acceptors (Lipinski definition) is 1. The fourth-order valence-corrected chi connectivity index (χ4v) is 2.05. The summed E-state index contributed by atoms with van der Waals surface area (Å²) in [6, 6.07) is 4.74. The molecule has 0 aromatic heterocycles. The van der Waals surface area contributed by atoms with Gasteiger partial charge in [-0.05, 0) is 31.4 Å². The van der Waals surface area contributed by atoms with Crippen molar-refractivity contribution in [3.8, 4) is 0 Å². The van der Waals surface area contributed by atoms with Crippen molar-refractivity contribution in [1.82, 2.24) is 0 Å². The molecule has 0 amide bonds. The molecule has 1 nitrogen and oxygen atoms in total. The molecule has 0 atom stereocenters. The lowest BCUT2D eigenvalue weighted by Crippen LogP contribution is -2.30. The Hall–Kier alpha value is -0.760. The Kier molecular flexibility index (Phi) is 2.55. The summed E-state index contributed by atoms with van der Waals surface area (Å²) in [5, 5.41) is 0.457. The minimum absolute atomic E-state index is 0.00759. The van der Waals surface area contributed by atoms with E-state index in [1.54, 1.807) is 12.1 Å². The van der Waals surface area contributed by atoms with E-state index in [-0.39, 0.29) is 12.2 Å². The van der Waals surface area contributed by atoms with E-state index in [4.69, 9.17) is 13.0 Å². The number of piperidine rings is 1. The normalized spacial score (nSPS) is 19.6. The van der Waals surface area contributed by atoms with Crippen LogP contribution in [0.3, 0.4) is 0 Å². The monoisotopic (exact) mass is 214 g/mol. The second-order valence-electron chi connectivity index (χ2n) is 3.42. The number of hydrogen-bond donors (Lipinski definition) is 0. The molecule has 0 N–H and O–H groups in total. The molecule has 1 aromatic rings. The molecule has 1 aliphatic rings. The highest BCUT2D eigenvalue weighted by Gasteiger charge is 2.17. The fourth-order valence-electron chi connectivity index (χ4n) is 1.77. The van der Waals surface area contributed by atoms with Crippen LogP contribution in [0, 0.1) is 5.82 Å². The van der Waals surface area contributed by atoms with Crippen molar-refractivity contribution in [3.63, 3.8) is 0 Å². The van der Waals surface area contributed by atoms with Crippen LogP contribution in [0.1, 0.15) is 20.6 Å². The van der Waals surface area contributed by atoms with Crippen LogP contribution < -0.4 is 4.90 Å². The molecule has 0 unspecified atom stereocenters. The van der Waals surface area contributed by atoms with Crippen molar-refractivity contribution in [3.05, 3.63) is 29.0 Å². The number of rotatable bonds is 1. The highest BCUT2D eigenvalue weighted by Crippen LogP contribution is 2.30. The van der Waals surface area contributed by atoms with Gasteiger partial charge in [0.15, 0.2) is 0 Å². The predicted octanol–water partition coefficient (Wildman–Crippen LogP) is 3.47. The van der Waals surface area contributed by atoms with Crippen LogP contribution in [0.4, 0.5) is 10.1 Å². The first-order valence-corrected chi connectivity index (χ1v) is 5.17. The largest absolute Gasteiger partial charge is 0.368 e. The van der Waals surface area contributed by atoms with Gasteiger partial charge in [-0.3, -0.25) is 0 Å². The maximum atomic E-state index is 13.6. The summed E-state index contributed by atoms with van der Waals surface area (Å²) >= 11 is 5.97. The van der Waals surface area contributed by atoms with Gasteiger partial charge in [-0.15, -0.1) is 0 Å². The van der Waals surface area contributed by atoms with E-state index in [0.29, 0.717) is 10.7 Å². The van der Waals surface area contributed by atoms with Gasteiger partial charge >= 0.3 is 0 Å². The van der Waals surface area contributed by atoms with Crippen molar-refractivity contribution in [2.24, 2.45) is 0 Å². The number of benzene rings is 1. The molecule has 1 heterocycles. The van der Waals surface area contributed by atoms with Gasteiger partial charge in [0.05, 0.1) is 10.7 Å². The van der Waals surface area contributed by atoms with Crippen LogP contribution in [0.2, 0.25) is 5.02 Å². The third kappa shape index (κ3) is 1.85. The fraction of sp³-hybridized carbons (Fsp3) is 0.455. The van der Waals surface area contributed by atoms with Gasteiger partial charge in [-0.25, -0.2) is 4.39 Å². The first-order valence-electron chi connectivity index (χ1n) is 5.37. The summed E-state index contributed by atoms with van der Waals surface area (Å²) in [7, 11) is 0. The quantitative estimate of drug-likeness (QED) is 0.692. The number of halogens is 2. The topological polar surface area (TPSA) is 3.24 Å². The van der Waals surface area contributed by atoms with Crippen LogP contribution in [0.15, 0.2) is 18.2 Å². The third-order valence-electron chi connectivity index (χ3n) is 2.46. The molecule has 76 valence electrons. The lowest BCUT2D eigenvalue weighted by Gasteiger charge is -2.29. The zero-order valence-corrected chi connectivity index (χ0v) is 8.60. The van der Waals surface area contributed by atoms with Crippen LogP contribution in [-0.2, 0) is 0 Å². The Labute approximate surface area is 89.9 Å². The van der Waals surface area contributed by atoms with E-state index in [1.165, 1.54) is 6.07 Å². The van der Waals surface area contributed by atoms with Crippen LogP contribution in [0.5, 0.6) is 0 Å². The standard InChI is InChI=1S/C11H13ClFN/c12-9-5-4-6-10(13)11(9)14-7-2-1-3-8-14/h4-6H,1-3,7-8H2/i1D. The first-order chi connectivity index (χ1) is 7.18. The molecule has 1 aliphatic heterocycles. The molecule has 0 bridgehead atoms. The maximum absolute atomic E-state index is 13.6. The molecular formula is C11H13ClFN. The summed E-state index contributed by atoms with van der Waals surface area (Å²) in [5.74, 6) is -0.272. The first kappa shape index (κ1) is 8.54. The molecule has 0 saturated carbocycles. The second kappa shape index (κ2) is 4.18. The van der Waals surface area contributed by atoms with Crippen molar-refractivity contribution in [2.75, 3.05) is 18.0 Å². The highest BCUT2D eigenvalue weighted by molar-refractivity contribution is 6.33. The molecule has 0 spiro atoms. The highest BCUT2D eigenvalue weighted by atomic mass is 35.5. The van der Waals surface area contributed by atoms with Gasteiger partial charge in [0.25, 0.3) is 0 Å². The molecule has 3 heteroatoms. The maximum Gasteiger partial charge on any atom is 0.148 e. The van der Waals surface area contributed by atoms with E-state index >= 15 is 0 Å². The molecule has 0 radical (unpaired) electrons. The summed E-state index contributed by atoms with van der Waals surface area (Å²) in [5.41, 5.74) is 0.492.